The molecule has 8 nitrogen and oxygen atoms in total. The Kier molecular flexibility index (Phi) is 10.7. The number of hydrogen-bond acceptors (Lipinski definition) is 9. The molecule has 206 valence electrons. The number of hydrogen-bond donors (Lipinski definition) is 0. The van der Waals surface area contributed by atoms with Gasteiger partial charge in [-0.3, -0.25) is 14.4 Å². The summed E-state index contributed by atoms with van der Waals surface area (Å²) < 4.78 is 23.1. The van der Waals surface area contributed by atoms with E-state index in [0.717, 1.165) is 27.8 Å². The highest BCUT2D eigenvalue weighted by atomic mass is 32.2. The first-order valence-electron chi connectivity index (χ1n) is 12.5. The summed E-state index contributed by atoms with van der Waals surface area (Å²) in [5.74, 6) is -1.74. The maximum Gasteiger partial charge on any atom is 0.303 e. The van der Waals surface area contributed by atoms with Gasteiger partial charge in [0.2, 0.25) is 0 Å². The van der Waals surface area contributed by atoms with E-state index >= 15 is 0 Å². The molecule has 2 aromatic carbocycles. The molecule has 9 heteroatoms. The Hall–Kier alpha value is -3.61. The number of esters is 3. The highest BCUT2D eigenvalue weighted by Crippen LogP contribution is 2.40. The number of allylic oxidation sites excluding steroid dienone is 1. The molecule has 0 amide bonds. The summed E-state index contributed by atoms with van der Waals surface area (Å²) in [5, 5.41) is 8.71. The number of carbonyl (C=O) groups excluding carboxylic acids is 3. The summed E-state index contributed by atoms with van der Waals surface area (Å²) in [6, 6.07) is 16.1. The number of benzene rings is 2. The van der Waals surface area contributed by atoms with Gasteiger partial charge in [0.1, 0.15) is 11.5 Å². The number of nitrogens with zero attached hydrogens (tertiary/aromatic N) is 1. The quantitative estimate of drug-likeness (QED) is 0.311. The molecule has 1 aliphatic heterocycles. The van der Waals surface area contributed by atoms with Gasteiger partial charge in [0.15, 0.2) is 18.3 Å². The van der Waals surface area contributed by atoms with Crippen molar-refractivity contribution >= 4 is 35.7 Å². The van der Waals surface area contributed by atoms with E-state index in [4.69, 9.17) is 24.2 Å². The van der Waals surface area contributed by atoms with E-state index in [1.807, 2.05) is 61.5 Å². The molecule has 39 heavy (non-hydrogen) atoms. The van der Waals surface area contributed by atoms with Crippen LogP contribution in [-0.4, -0.2) is 47.9 Å². The van der Waals surface area contributed by atoms with E-state index in [1.165, 1.54) is 32.5 Å². The predicted octanol–water partition coefficient (Wildman–Crippen LogP) is 5.07. The minimum atomic E-state index is -1.06. The van der Waals surface area contributed by atoms with Gasteiger partial charge >= 0.3 is 17.9 Å². The van der Waals surface area contributed by atoms with Crippen LogP contribution in [0.5, 0.6) is 0 Å². The largest absolute Gasteiger partial charge is 0.455 e. The van der Waals surface area contributed by atoms with Crippen molar-refractivity contribution in [3.8, 4) is 6.07 Å². The van der Waals surface area contributed by atoms with Crippen molar-refractivity contribution in [2.75, 3.05) is 6.26 Å². The molecule has 1 heterocycles. The van der Waals surface area contributed by atoms with Gasteiger partial charge in [-0.25, -0.2) is 0 Å². The molecule has 0 spiro atoms. The number of aryl methyl sites for hydroxylation is 1. The highest BCUT2D eigenvalue weighted by molar-refractivity contribution is 7.99. The molecule has 2 aromatic rings. The molecule has 5 atom stereocenters. The van der Waals surface area contributed by atoms with Gasteiger partial charge in [0, 0.05) is 20.8 Å². The highest BCUT2D eigenvalue weighted by Gasteiger charge is 2.52. The SMILES string of the molecule is CS[C@H]1O[C@@H](c2ccc(C)c(Cc3ccc(C=CCC#N)cc3)c2)[C@H](OC(C)=O)[C@@H](OC(C)=O)[C@@H]1OC(C)=O. The van der Waals surface area contributed by atoms with Crippen molar-refractivity contribution in [3.63, 3.8) is 0 Å². The summed E-state index contributed by atoms with van der Waals surface area (Å²) in [4.78, 5) is 36.0. The second-order valence-electron chi connectivity index (χ2n) is 9.25. The first kappa shape index (κ1) is 29.9. The van der Waals surface area contributed by atoms with Gasteiger partial charge in [-0.2, -0.15) is 5.26 Å². The molecule has 0 radical (unpaired) electrons. The molecule has 0 unspecified atom stereocenters. The maximum absolute atomic E-state index is 12.1. The number of nitriles is 1. The molecule has 0 N–H and O–H groups in total. The lowest BCUT2D eigenvalue weighted by Gasteiger charge is -2.44. The summed E-state index contributed by atoms with van der Waals surface area (Å²) in [6.45, 7) is 5.80. The summed E-state index contributed by atoms with van der Waals surface area (Å²) in [5.41, 5.74) is 4.33. The maximum atomic E-state index is 12.1. The van der Waals surface area contributed by atoms with Crippen molar-refractivity contribution in [2.24, 2.45) is 0 Å². The molecule has 0 aromatic heterocycles. The molecule has 1 saturated heterocycles. The topological polar surface area (TPSA) is 112 Å². The van der Waals surface area contributed by atoms with E-state index in [9.17, 15) is 14.4 Å². The standard InChI is InChI=1S/C30H33NO7S/c1-18-9-14-24(17-25(18)16-23-12-10-22(11-13-23)8-6-7-15-31)26-27(35-19(2)32)28(36-20(3)33)29(37-21(4)34)30(38-26)39-5/h6,8-14,17,26-30H,7,16H2,1-5H3/t26-,27-,28+,29-,30+/m0/s1. The predicted molar refractivity (Wildman–Crippen MR) is 147 cm³/mol. The second-order valence-corrected chi connectivity index (χ2v) is 10.2. The first-order valence-corrected chi connectivity index (χ1v) is 13.8. The zero-order valence-electron chi connectivity index (χ0n) is 22.7. The van der Waals surface area contributed by atoms with Crippen LogP contribution >= 0.6 is 11.8 Å². The number of carbonyl (C=O) groups is 3. The van der Waals surface area contributed by atoms with Crippen LogP contribution in [0.25, 0.3) is 6.08 Å². The zero-order valence-corrected chi connectivity index (χ0v) is 23.5. The zero-order chi connectivity index (χ0) is 28.5. The normalized spacial score (nSPS) is 22.6. The van der Waals surface area contributed by atoms with E-state index < -0.39 is 47.8 Å². The van der Waals surface area contributed by atoms with Crippen molar-refractivity contribution in [1.29, 1.82) is 5.26 Å². The van der Waals surface area contributed by atoms with Crippen molar-refractivity contribution in [2.45, 2.75) is 70.4 Å². The molecule has 0 saturated carbocycles. The number of rotatable bonds is 9. The third-order valence-electron chi connectivity index (χ3n) is 6.23. The second kappa shape index (κ2) is 14.0. The summed E-state index contributed by atoms with van der Waals surface area (Å²) >= 11 is 1.31. The van der Waals surface area contributed by atoms with Gasteiger partial charge in [0.25, 0.3) is 0 Å². The average molecular weight is 552 g/mol. The average Bonchev–Trinajstić information content (AvgIpc) is 2.88. The van der Waals surface area contributed by atoms with Crippen LogP contribution in [0.15, 0.2) is 48.5 Å². The Morgan fingerprint density at radius 1 is 0.949 bits per heavy atom. The van der Waals surface area contributed by atoms with Crippen LogP contribution in [0.1, 0.15) is 61.1 Å². The lowest BCUT2D eigenvalue weighted by molar-refractivity contribution is -0.233. The number of thioether (sulfide) groups is 1. The van der Waals surface area contributed by atoms with Gasteiger partial charge < -0.3 is 18.9 Å². The Morgan fingerprint density at radius 2 is 1.56 bits per heavy atom. The van der Waals surface area contributed by atoms with Crippen molar-refractivity contribution < 1.29 is 33.3 Å². The fourth-order valence-electron chi connectivity index (χ4n) is 4.50. The van der Waals surface area contributed by atoms with Gasteiger partial charge in [-0.15, -0.1) is 11.8 Å². The minimum Gasteiger partial charge on any atom is -0.455 e. The Bertz CT molecular complexity index is 1250. The van der Waals surface area contributed by atoms with Crippen LogP contribution in [0.2, 0.25) is 0 Å². The Morgan fingerprint density at radius 3 is 2.15 bits per heavy atom. The fourth-order valence-corrected chi connectivity index (χ4v) is 5.21. The van der Waals surface area contributed by atoms with Crippen LogP contribution in [-0.2, 0) is 39.8 Å². The van der Waals surface area contributed by atoms with Gasteiger partial charge in [-0.05, 0) is 47.4 Å². The first-order chi connectivity index (χ1) is 18.6. The fraction of sp³-hybridized carbons (Fsp3) is 0.400. The molecule has 1 fully saturated rings. The summed E-state index contributed by atoms with van der Waals surface area (Å²) in [6.07, 6.45) is 2.73. The molecule has 1 aliphatic rings. The summed E-state index contributed by atoms with van der Waals surface area (Å²) in [7, 11) is 0. The molecular weight excluding hydrogens is 518 g/mol. The smallest absolute Gasteiger partial charge is 0.303 e. The molecular formula is C30H33NO7S. The van der Waals surface area contributed by atoms with Crippen LogP contribution in [0.4, 0.5) is 0 Å². The Balaban J connectivity index is 1.96. The molecule has 3 rings (SSSR count). The van der Waals surface area contributed by atoms with Crippen LogP contribution in [0.3, 0.4) is 0 Å². The van der Waals surface area contributed by atoms with E-state index in [1.54, 1.807) is 6.26 Å². The molecule has 0 aliphatic carbocycles. The van der Waals surface area contributed by atoms with Gasteiger partial charge in [0.05, 0.1) is 12.5 Å². The third kappa shape index (κ3) is 8.19. The third-order valence-corrected chi connectivity index (χ3v) is 7.07. The number of ether oxygens (including phenoxy) is 4. The van der Waals surface area contributed by atoms with Crippen LogP contribution < -0.4 is 0 Å². The Labute approximate surface area is 233 Å². The lowest BCUT2D eigenvalue weighted by atomic mass is 9.90. The monoisotopic (exact) mass is 551 g/mol. The van der Waals surface area contributed by atoms with Crippen LogP contribution in [0, 0.1) is 18.3 Å². The van der Waals surface area contributed by atoms with E-state index in [2.05, 4.69) is 6.07 Å². The molecule has 0 bridgehead atoms. The lowest BCUT2D eigenvalue weighted by Crippen LogP contribution is -2.57. The van der Waals surface area contributed by atoms with Crippen molar-refractivity contribution in [3.05, 3.63) is 76.4 Å². The van der Waals surface area contributed by atoms with Gasteiger partial charge in [-0.1, -0.05) is 54.6 Å². The van der Waals surface area contributed by atoms with Crippen molar-refractivity contribution in [1.82, 2.24) is 0 Å². The van der Waals surface area contributed by atoms with E-state index in [-0.39, 0.29) is 0 Å². The minimum absolute atomic E-state index is 0.364. The van der Waals surface area contributed by atoms with E-state index in [0.29, 0.717) is 12.8 Å².